The fourth-order valence-electron chi connectivity index (χ4n) is 3.17. The molecule has 1 fully saturated rings. The van der Waals surface area contributed by atoms with Crippen LogP contribution in [0.25, 0.3) is 0 Å². The molecule has 0 aromatic heterocycles. The molecule has 0 atom stereocenters. The third-order valence-corrected chi connectivity index (χ3v) is 4.54. The van der Waals surface area contributed by atoms with Gasteiger partial charge in [0.2, 0.25) is 11.8 Å². The Morgan fingerprint density at radius 1 is 1.04 bits per heavy atom. The van der Waals surface area contributed by atoms with E-state index < -0.39 is 0 Å². The Labute approximate surface area is 141 Å². The summed E-state index contributed by atoms with van der Waals surface area (Å²) in [6, 6.07) is 0. The summed E-state index contributed by atoms with van der Waals surface area (Å²) in [7, 11) is 0. The second-order valence-corrected chi connectivity index (χ2v) is 6.51. The molecule has 0 unspecified atom stereocenters. The molecular weight excluding hydrogens is 290 g/mol. The predicted octanol–water partition coefficient (Wildman–Crippen LogP) is 2.26. The SMILES string of the molecule is CCCN(CCC)C(=O)CCC(=O)N1CCC(CNCC)CC1. The Kier molecular flexibility index (Phi) is 9.92. The highest BCUT2D eigenvalue weighted by molar-refractivity contribution is 5.83. The van der Waals surface area contributed by atoms with Crippen LogP contribution in [0.3, 0.4) is 0 Å². The quantitative estimate of drug-likeness (QED) is 0.670. The lowest BCUT2D eigenvalue weighted by atomic mass is 9.96. The molecular formula is C18H35N3O2. The van der Waals surface area contributed by atoms with Gasteiger partial charge in [0.1, 0.15) is 0 Å². The summed E-state index contributed by atoms with van der Waals surface area (Å²) in [6.07, 6.45) is 4.81. The fourth-order valence-corrected chi connectivity index (χ4v) is 3.17. The molecule has 0 spiro atoms. The average Bonchev–Trinajstić information content (AvgIpc) is 2.57. The molecule has 1 aliphatic rings. The summed E-state index contributed by atoms with van der Waals surface area (Å²) in [5.41, 5.74) is 0. The zero-order chi connectivity index (χ0) is 17.1. The fraction of sp³-hybridized carbons (Fsp3) is 0.889. The number of carbonyl (C=O) groups is 2. The largest absolute Gasteiger partial charge is 0.343 e. The van der Waals surface area contributed by atoms with Crippen molar-refractivity contribution in [2.45, 2.75) is 59.3 Å². The first-order chi connectivity index (χ1) is 11.1. The zero-order valence-corrected chi connectivity index (χ0v) is 15.3. The van der Waals surface area contributed by atoms with Crippen molar-refractivity contribution in [2.75, 3.05) is 39.3 Å². The number of nitrogens with one attached hydrogen (secondary N) is 1. The molecule has 0 radical (unpaired) electrons. The van der Waals surface area contributed by atoms with Crippen molar-refractivity contribution in [1.29, 1.82) is 0 Å². The van der Waals surface area contributed by atoms with E-state index in [2.05, 4.69) is 26.1 Å². The van der Waals surface area contributed by atoms with E-state index in [4.69, 9.17) is 0 Å². The highest BCUT2D eigenvalue weighted by atomic mass is 16.2. The van der Waals surface area contributed by atoms with Gasteiger partial charge >= 0.3 is 0 Å². The molecule has 5 heteroatoms. The van der Waals surface area contributed by atoms with Crippen LogP contribution in [-0.4, -0.2) is 60.9 Å². The number of rotatable bonds is 10. The second kappa shape index (κ2) is 11.4. The third kappa shape index (κ3) is 7.34. The van der Waals surface area contributed by atoms with Crippen molar-refractivity contribution in [2.24, 2.45) is 5.92 Å². The van der Waals surface area contributed by atoms with Crippen molar-refractivity contribution >= 4 is 11.8 Å². The van der Waals surface area contributed by atoms with Gasteiger partial charge in [-0.1, -0.05) is 20.8 Å². The predicted molar refractivity (Wildman–Crippen MR) is 94.2 cm³/mol. The first-order valence-corrected chi connectivity index (χ1v) is 9.38. The number of amides is 2. The standard InChI is InChI=1S/C18H35N3O2/c1-4-11-20(12-5-2)17(22)7-8-18(23)21-13-9-16(10-14-21)15-19-6-3/h16,19H,4-15H2,1-3H3. The van der Waals surface area contributed by atoms with Gasteiger partial charge in [-0.3, -0.25) is 9.59 Å². The molecule has 1 heterocycles. The van der Waals surface area contributed by atoms with Gasteiger partial charge in [0.25, 0.3) is 0 Å². The Morgan fingerprint density at radius 2 is 1.65 bits per heavy atom. The van der Waals surface area contributed by atoms with Gasteiger partial charge < -0.3 is 15.1 Å². The normalized spacial score (nSPS) is 15.7. The average molecular weight is 325 g/mol. The van der Waals surface area contributed by atoms with Crippen LogP contribution in [0.5, 0.6) is 0 Å². The van der Waals surface area contributed by atoms with Gasteiger partial charge in [0, 0.05) is 39.0 Å². The van der Waals surface area contributed by atoms with Crippen LogP contribution in [0.4, 0.5) is 0 Å². The number of piperidine rings is 1. The Morgan fingerprint density at radius 3 is 2.17 bits per heavy atom. The van der Waals surface area contributed by atoms with Crippen LogP contribution in [0.2, 0.25) is 0 Å². The van der Waals surface area contributed by atoms with Crippen LogP contribution in [0, 0.1) is 5.92 Å². The van der Waals surface area contributed by atoms with E-state index >= 15 is 0 Å². The number of nitrogens with zero attached hydrogens (tertiary/aromatic N) is 2. The molecule has 2 amide bonds. The lowest BCUT2D eigenvalue weighted by Crippen LogP contribution is -2.41. The zero-order valence-electron chi connectivity index (χ0n) is 15.3. The van der Waals surface area contributed by atoms with E-state index in [1.807, 2.05) is 9.80 Å². The van der Waals surface area contributed by atoms with E-state index in [0.717, 1.165) is 65.0 Å². The first kappa shape index (κ1) is 19.9. The molecule has 1 N–H and O–H groups in total. The van der Waals surface area contributed by atoms with Crippen LogP contribution >= 0.6 is 0 Å². The van der Waals surface area contributed by atoms with Crippen molar-refractivity contribution in [3.05, 3.63) is 0 Å². The van der Waals surface area contributed by atoms with E-state index in [0.29, 0.717) is 18.8 Å². The maximum atomic E-state index is 12.3. The molecule has 1 aliphatic heterocycles. The van der Waals surface area contributed by atoms with E-state index in [-0.39, 0.29) is 11.8 Å². The van der Waals surface area contributed by atoms with Crippen molar-refractivity contribution in [3.8, 4) is 0 Å². The summed E-state index contributed by atoms with van der Waals surface area (Å²) < 4.78 is 0. The van der Waals surface area contributed by atoms with Gasteiger partial charge in [0.05, 0.1) is 0 Å². The second-order valence-electron chi connectivity index (χ2n) is 6.51. The smallest absolute Gasteiger partial charge is 0.223 e. The van der Waals surface area contributed by atoms with Gasteiger partial charge in [0.15, 0.2) is 0 Å². The van der Waals surface area contributed by atoms with Crippen molar-refractivity contribution in [1.82, 2.24) is 15.1 Å². The van der Waals surface area contributed by atoms with Crippen LogP contribution in [-0.2, 0) is 9.59 Å². The molecule has 23 heavy (non-hydrogen) atoms. The highest BCUT2D eigenvalue weighted by Gasteiger charge is 2.23. The minimum absolute atomic E-state index is 0.129. The van der Waals surface area contributed by atoms with Crippen molar-refractivity contribution < 1.29 is 9.59 Å². The van der Waals surface area contributed by atoms with Crippen LogP contribution < -0.4 is 5.32 Å². The summed E-state index contributed by atoms with van der Waals surface area (Å²) in [4.78, 5) is 28.4. The van der Waals surface area contributed by atoms with Gasteiger partial charge in [-0.05, 0) is 44.7 Å². The van der Waals surface area contributed by atoms with Gasteiger partial charge in [-0.2, -0.15) is 0 Å². The highest BCUT2D eigenvalue weighted by Crippen LogP contribution is 2.17. The summed E-state index contributed by atoms with van der Waals surface area (Å²) in [5, 5.41) is 3.38. The number of carbonyl (C=O) groups excluding carboxylic acids is 2. The van der Waals surface area contributed by atoms with E-state index in [1.54, 1.807) is 0 Å². The summed E-state index contributed by atoms with van der Waals surface area (Å²) in [5.74, 6) is 0.961. The monoisotopic (exact) mass is 325 g/mol. The van der Waals surface area contributed by atoms with Crippen molar-refractivity contribution in [3.63, 3.8) is 0 Å². The Bertz CT molecular complexity index is 346. The van der Waals surface area contributed by atoms with Crippen LogP contribution in [0.1, 0.15) is 59.3 Å². The summed E-state index contributed by atoms with van der Waals surface area (Å²) in [6.45, 7) is 11.6. The molecule has 1 rings (SSSR count). The van der Waals surface area contributed by atoms with Crippen LogP contribution in [0.15, 0.2) is 0 Å². The maximum absolute atomic E-state index is 12.3. The maximum Gasteiger partial charge on any atom is 0.223 e. The summed E-state index contributed by atoms with van der Waals surface area (Å²) >= 11 is 0. The van der Waals surface area contributed by atoms with Gasteiger partial charge in [-0.15, -0.1) is 0 Å². The van der Waals surface area contributed by atoms with Gasteiger partial charge in [-0.25, -0.2) is 0 Å². The Balaban J connectivity index is 2.29. The molecule has 0 aromatic carbocycles. The van der Waals surface area contributed by atoms with E-state index in [9.17, 15) is 9.59 Å². The number of likely N-dealkylation sites (tertiary alicyclic amines) is 1. The molecule has 134 valence electrons. The minimum Gasteiger partial charge on any atom is -0.343 e. The number of hydrogen-bond acceptors (Lipinski definition) is 3. The lowest BCUT2D eigenvalue weighted by Gasteiger charge is -2.32. The molecule has 0 aromatic rings. The minimum atomic E-state index is 0.129. The molecule has 0 saturated carbocycles. The number of hydrogen-bond donors (Lipinski definition) is 1. The third-order valence-electron chi connectivity index (χ3n) is 4.54. The molecule has 1 saturated heterocycles. The molecule has 5 nitrogen and oxygen atoms in total. The molecule has 0 bridgehead atoms. The first-order valence-electron chi connectivity index (χ1n) is 9.38. The van der Waals surface area contributed by atoms with E-state index in [1.165, 1.54) is 0 Å². The lowest BCUT2D eigenvalue weighted by molar-refractivity contribution is -0.137. The molecule has 0 aliphatic carbocycles. The Hall–Kier alpha value is -1.10. The topological polar surface area (TPSA) is 52.7 Å².